The summed E-state index contributed by atoms with van der Waals surface area (Å²) in [6.07, 6.45) is 12.2. The molecule has 0 bridgehead atoms. The normalized spacial score (nSPS) is 28.5. The highest BCUT2D eigenvalue weighted by atomic mass is 16.3. The maximum absolute atomic E-state index is 13.1. The molecular formula is C22H27N5O2. The van der Waals surface area contributed by atoms with E-state index in [2.05, 4.69) is 26.3 Å². The molecule has 7 heteroatoms. The van der Waals surface area contributed by atoms with Gasteiger partial charge in [0, 0.05) is 37.4 Å². The molecule has 1 saturated carbocycles. The first-order valence-corrected chi connectivity index (χ1v) is 10.6. The Morgan fingerprint density at radius 2 is 1.90 bits per heavy atom. The molecule has 29 heavy (non-hydrogen) atoms. The first-order valence-electron chi connectivity index (χ1n) is 10.6. The molecule has 1 saturated heterocycles. The predicted octanol–water partition coefficient (Wildman–Crippen LogP) is 2.07. The van der Waals surface area contributed by atoms with E-state index >= 15 is 0 Å². The minimum Gasteiger partial charge on any atom is -0.391 e. The van der Waals surface area contributed by atoms with Crippen molar-refractivity contribution < 1.29 is 9.90 Å². The van der Waals surface area contributed by atoms with Gasteiger partial charge in [0.1, 0.15) is 5.82 Å². The molecule has 5 rings (SSSR count). The van der Waals surface area contributed by atoms with Crippen LogP contribution in [0.15, 0.2) is 30.9 Å². The molecule has 0 unspecified atom stereocenters. The number of hydrogen-bond donors (Lipinski definition) is 2. The minimum absolute atomic E-state index is 0.0617. The summed E-state index contributed by atoms with van der Waals surface area (Å²) in [6.45, 7) is 1.46. The van der Waals surface area contributed by atoms with Gasteiger partial charge in [-0.25, -0.2) is 4.98 Å². The van der Waals surface area contributed by atoms with E-state index in [-0.39, 0.29) is 11.9 Å². The van der Waals surface area contributed by atoms with Crippen LogP contribution in [0, 0.1) is 11.8 Å². The molecular weight excluding hydrogens is 366 g/mol. The molecule has 152 valence electrons. The van der Waals surface area contributed by atoms with Crippen LogP contribution >= 0.6 is 0 Å². The molecule has 7 nitrogen and oxygen atoms in total. The fourth-order valence-corrected chi connectivity index (χ4v) is 5.20. The topological polar surface area (TPSA) is 91.2 Å². The van der Waals surface area contributed by atoms with Crippen LogP contribution < -0.4 is 5.32 Å². The van der Waals surface area contributed by atoms with Crippen molar-refractivity contribution in [3.05, 3.63) is 47.7 Å². The van der Waals surface area contributed by atoms with Crippen LogP contribution in [0.1, 0.15) is 47.3 Å². The van der Waals surface area contributed by atoms with Crippen LogP contribution in [0.4, 0.5) is 5.82 Å². The summed E-state index contributed by atoms with van der Waals surface area (Å²) in [6, 6.07) is 1.99. The molecule has 2 N–H and O–H groups in total. The SMILES string of the molecule is O=C(c1cnc2c(c1)CCCC2)N1C[C@H]2C[C@@H](Nc3cnccn3)[C@H](O)C[C@H]2C1. The number of rotatable bonds is 3. The van der Waals surface area contributed by atoms with Crippen molar-refractivity contribution in [1.82, 2.24) is 19.9 Å². The number of hydrogen-bond acceptors (Lipinski definition) is 6. The highest BCUT2D eigenvalue weighted by Crippen LogP contribution is 2.38. The lowest BCUT2D eigenvalue weighted by atomic mass is 9.77. The van der Waals surface area contributed by atoms with Gasteiger partial charge in [-0.2, -0.15) is 0 Å². The lowest BCUT2D eigenvalue weighted by Crippen LogP contribution is -2.43. The molecule has 0 aromatic carbocycles. The molecule has 2 aromatic heterocycles. The molecule has 2 aliphatic carbocycles. The standard InChI is InChI=1S/C22H27N5O2/c28-20-9-17-13-27(12-16(17)8-19(20)26-21-11-23-5-6-24-21)22(29)15-7-14-3-1-2-4-18(14)25-10-15/h5-7,10-11,16-17,19-20,28H,1-4,8-9,12-13H2,(H,24,26)/t16-,17+,19-,20-/m1/s1. The molecule has 0 spiro atoms. The fraction of sp³-hybridized carbons (Fsp3) is 0.545. The van der Waals surface area contributed by atoms with Crippen LogP contribution in [0.25, 0.3) is 0 Å². The first-order chi connectivity index (χ1) is 14.2. The Kier molecular flexibility index (Phi) is 4.91. The van der Waals surface area contributed by atoms with Crippen LogP contribution in [-0.2, 0) is 12.8 Å². The summed E-state index contributed by atoms with van der Waals surface area (Å²) in [4.78, 5) is 28.0. The zero-order valence-corrected chi connectivity index (χ0v) is 16.5. The van der Waals surface area contributed by atoms with Gasteiger partial charge in [-0.15, -0.1) is 0 Å². The van der Waals surface area contributed by atoms with E-state index in [1.54, 1.807) is 24.8 Å². The molecule has 1 amide bonds. The second kappa shape index (κ2) is 7.71. The van der Waals surface area contributed by atoms with E-state index in [0.29, 0.717) is 29.6 Å². The van der Waals surface area contributed by atoms with Crippen molar-refractivity contribution >= 4 is 11.7 Å². The Labute approximate surface area is 170 Å². The summed E-state index contributed by atoms with van der Waals surface area (Å²) in [5.41, 5.74) is 3.10. The van der Waals surface area contributed by atoms with Gasteiger partial charge in [0.05, 0.1) is 23.9 Å². The predicted molar refractivity (Wildman–Crippen MR) is 108 cm³/mol. The largest absolute Gasteiger partial charge is 0.391 e. The Hall–Kier alpha value is -2.54. The van der Waals surface area contributed by atoms with Crippen molar-refractivity contribution in [3.8, 4) is 0 Å². The molecule has 2 aromatic rings. The number of carbonyl (C=O) groups is 1. The van der Waals surface area contributed by atoms with E-state index < -0.39 is 6.10 Å². The maximum atomic E-state index is 13.1. The number of anilines is 1. The Bertz CT molecular complexity index is 890. The van der Waals surface area contributed by atoms with Gasteiger partial charge in [-0.3, -0.25) is 14.8 Å². The number of nitrogens with zero attached hydrogens (tertiary/aromatic N) is 4. The average molecular weight is 393 g/mol. The summed E-state index contributed by atoms with van der Waals surface area (Å²) in [7, 11) is 0. The number of aliphatic hydroxyl groups excluding tert-OH is 1. The second-order valence-corrected chi connectivity index (χ2v) is 8.65. The number of aromatic nitrogens is 3. The van der Waals surface area contributed by atoms with Crippen molar-refractivity contribution in [3.63, 3.8) is 0 Å². The van der Waals surface area contributed by atoms with Crippen LogP contribution in [0.5, 0.6) is 0 Å². The van der Waals surface area contributed by atoms with Crippen molar-refractivity contribution in [2.24, 2.45) is 11.8 Å². The Morgan fingerprint density at radius 3 is 2.72 bits per heavy atom. The molecule has 2 fully saturated rings. The summed E-state index contributed by atoms with van der Waals surface area (Å²) in [5.74, 6) is 1.50. The first kappa shape index (κ1) is 18.5. The monoisotopic (exact) mass is 393 g/mol. The third kappa shape index (κ3) is 3.71. The molecule has 0 radical (unpaired) electrons. The zero-order valence-electron chi connectivity index (χ0n) is 16.5. The number of aliphatic hydroxyl groups is 1. The summed E-state index contributed by atoms with van der Waals surface area (Å²) in [5, 5.41) is 13.9. The number of amides is 1. The van der Waals surface area contributed by atoms with Gasteiger partial charge in [-0.1, -0.05) is 0 Å². The number of aryl methyl sites for hydroxylation is 2. The van der Waals surface area contributed by atoms with Gasteiger partial charge in [0.25, 0.3) is 5.91 Å². The minimum atomic E-state index is -0.446. The van der Waals surface area contributed by atoms with Crippen LogP contribution in [-0.4, -0.2) is 56.1 Å². The smallest absolute Gasteiger partial charge is 0.255 e. The van der Waals surface area contributed by atoms with Crippen molar-refractivity contribution in [2.45, 2.75) is 50.7 Å². The van der Waals surface area contributed by atoms with Gasteiger partial charge in [0.15, 0.2) is 0 Å². The zero-order chi connectivity index (χ0) is 19.8. The fourth-order valence-electron chi connectivity index (χ4n) is 5.20. The molecule has 1 aliphatic heterocycles. The van der Waals surface area contributed by atoms with E-state index in [1.165, 1.54) is 18.4 Å². The van der Waals surface area contributed by atoms with Gasteiger partial charge >= 0.3 is 0 Å². The van der Waals surface area contributed by atoms with Crippen LogP contribution in [0.3, 0.4) is 0 Å². The average Bonchev–Trinajstić information content (AvgIpc) is 3.16. The molecule has 4 atom stereocenters. The van der Waals surface area contributed by atoms with Crippen LogP contribution in [0.2, 0.25) is 0 Å². The Morgan fingerprint density at radius 1 is 1.07 bits per heavy atom. The number of carbonyl (C=O) groups excluding carboxylic acids is 1. The van der Waals surface area contributed by atoms with Crippen molar-refractivity contribution in [1.29, 1.82) is 0 Å². The van der Waals surface area contributed by atoms with E-state index in [9.17, 15) is 9.90 Å². The number of likely N-dealkylation sites (tertiary alicyclic amines) is 1. The third-order valence-electron chi connectivity index (χ3n) is 6.74. The van der Waals surface area contributed by atoms with Crippen molar-refractivity contribution in [2.75, 3.05) is 18.4 Å². The van der Waals surface area contributed by atoms with E-state index in [1.807, 2.05) is 4.90 Å². The van der Waals surface area contributed by atoms with Gasteiger partial charge in [-0.05, 0) is 62.0 Å². The number of nitrogens with one attached hydrogen (secondary N) is 1. The highest BCUT2D eigenvalue weighted by molar-refractivity contribution is 5.94. The lowest BCUT2D eigenvalue weighted by Gasteiger charge is -2.35. The highest BCUT2D eigenvalue weighted by Gasteiger charge is 2.43. The van der Waals surface area contributed by atoms with E-state index in [0.717, 1.165) is 38.0 Å². The lowest BCUT2D eigenvalue weighted by molar-refractivity contribution is 0.0727. The number of fused-ring (bicyclic) bond motifs is 2. The maximum Gasteiger partial charge on any atom is 0.255 e. The second-order valence-electron chi connectivity index (χ2n) is 8.65. The quantitative estimate of drug-likeness (QED) is 0.830. The summed E-state index contributed by atoms with van der Waals surface area (Å²) < 4.78 is 0. The Balaban J connectivity index is 1.26. The van der Waals surface area contributed by atoms with E-state index in [4.69, 9.17) is 0 Å². The molecule has 3 heterocycles. The van der Waals surface area contributed by atoms with Gasteiger partial charge in [0.2, 0.25) is 0 Å². The molecule has 3 aliphatic rings. The number of pyridine rings is 1. The summed E-state index contributed by atoms with van der Waals surface area (Å²) >= 11 is 0. The third-order valence-corrected chi connectivity index (χ3v) is 6.74. The van der Waals surface area contributed by atoms with Gasteiger partial charge < -0.3 is 15.3 Å².